The summed E-state index contributed by atoms with van der Waals surface area (Å²) in [6, 6.07) is 7.43. The van der Waals surface area contributed by atoms with Crippen LogP contribution >= 0.6 is 0 Å². The van der Waals surface area contributed by atoms with Crippen LogP contribution in [0.25, 0.3) is 0 Å². The average Bonchev–Trinajstić information content (AvgIpc) is 2.96. The zero-order chi connectivity index (χ0) is 20.1. The Balaban J connectivity index is 1.41. The first-order valence-electron chi connectivity index (χ1n) is 9.89. The monoisotopic (exact) mass is 386 g/mol. The number of nitrogens with one attached hydrogen (secondary N) is 1. The lowest BCUT2D eigenvalue weighted by Gasteiger charge is -2.19. The molecule has 1 aromatic carbocycles. The van der Waals surface area contributed by atoms with Crippen LogP contribution in [0, 0.1) is 11.8 Å². The van der Waals surface area contributed by atoms with Gasteiger partial charge in [0.15, 0.2) is 6.61 Å². The average molecular weight is 386 g/mol. The molecular formula is C21H26N2O5. The molecule has 7 nitrogen and oxygen atoms in total. The molecule has 150 valence electrons. The first-order valence-corrected chi connectivity index (χ1v) is 9.89. The van der Waals surface area contributed by atoms with E-state index in [9.17, 15) is 19.2 Å². The third kappa shape index (κ3) is 4.58. The van der Waals surface area contributed by atoms with Crippen molar-refractivity contribution in [2.45, 2.75) is 45.4 Å². The standard InChI is InChI=1S/C21H26N2O5/c1-2-14-7-9-15(10-8-14)22-18(24)13-28-19(25)11-12-23-20(26)16-5-3-4-6-17(16)21(23)27/h7-10,16-17H,2-6,11-13H2,1H3,(H,22,24)/t16-,17-/m0/s1. The predicted molar refractivity (Wildman–Crippen MR) is 102 cm³/mol. The van der Waals surface area contributed by atoms with E-state index in [1.807, 2.05) is 19.1 Å². The number of imide groups is 1. The summed E-state index contributed by atoms with van der Waals surface area (Å²) >= 11 is 0. The fraction of sp³-hybridized carbons (Fsp3) is 0.524. The van der Waals surface area contributed by atoms with E-state index >= 15 is 0 Å². The SMILES string of the molecule is CCc1ccc(NC(=O)COC(=O)CCN2C(=O)[C@H]3CCCC[C@@H]3C2=O)cc1. The molecule has 1 saturated heterocycles. The van der Waals surface area contributed by atoms with E-state index in [4.69, 9.17) is 4.74 Å². The van der Waals surface area contributed by atoms with Crippen LogP contribution in [0.5, 0.6) is 0 Å². The molecule has 1 heterocycles. The topological polar surface area (TPSA) is 92.8 Å². The number of carbonyl (C=O) groups excluding carboxylic acids is 4. The summed E-state index contributed by atoms with van der Waals surface area (Å²) < 4.78 is 4.97. The van der Waals surface area contributed by atoms with E-state index in [2.05, 4.69) is 5.32 Å². The number of likely N-dealkylation sites (tertiary alicyclic amines) is 1. The van der Waals surface area contributed by atoms with Crippen LogP contribution in [0.1, 0.15) is 44.6 Å². The molecule has 1 aromatic rings. The molecule has 2 aliphatic rings. The quantitative estimate of drug-likeness (QED) is 0.573. The van der Waals surface area contributed by atoms with Gasteiger partial charge in [-0.15, -0.1) is 0 Å². The van der Waals surface area contributed by atoms with Crippen LogP contribution in [0.3, 0.4) is 0 Å². The highest BCUT2D eigenvalue weighted by Crippen LogP contribution is 2.37. The molecule has 1 aliphatic carbocycles. The number of rotatable bonds is 7. The lowest BCUT2D eigenvalue weighted by molar-refractivity contribution is -0.148. The van der Waals surface area contributed by atoms with Crippen LogP contribution in [-0.4, -0.2) is 41.7 Å². The van der Waals surface area contributed by atoms with Gasteiger partial charge in [0.2, 0.25) is 11.8 Å². The maximum atomic E-state index is 12.4. The Bertz CT molecular complexity index is 735. The van der Waals surface area contributed by atoms with Crippen molar-refractivity contribution in [3.05, 3.63) is 29.8 Å². The number of nitrogens with zero attached hydrogens (tertiary/aromatic N) is 1. The van der Waals surface area contributed by atoms with Gasteiger partial charge >= 0.3 is 5.97 Å². The number of carbonyl (C=O) groups is 4. The molecule has 1 N–H and O–H groups in total. The van der Waals surface area contributed by atoms with Crippen LogP contribution < -0.4 is 5.32 Å². The van der Waals surface area contributed by atoms with E-state index in [1.54, 1.807) is 12.1 Å². The second-order valence-electron chi connectivity index (χ2n) is 7.33. The van der Waals surface area contributed by atoms with E-state index in [0.717, 1.165) is 37.7 Å². The van der Waals surface area contributed by atoms with Crippen LogP contribution in [0.2, 0.25) is 0 Å². The summed E-state index contributed by atoms with van der Waals surface area (Å²) in [6.07, 6.45) is 4.23. The van der Waals surface area contributed by atoms with Crippen molar-refractivity contribution in [3.63, 3.8) is 0 Å². The van der Waals surface area contributed by atoms with Crippen LogP contribution in [0.4, 0.5) is 5.69 Å². The number of aryl methyl sites for hydroxylation is 1. The number of benzene rings is 1. The van der Waals surface area contributed by atoms with Gasteiger partial charge in [-0.05, 0) is 37.0 Å². The summed E-state index contributed by atoms with van der Waals surface area (Å²) in [4.78, 5) is 49.7. The van der Waals surface area contributed by atoms with Crippen molar-refractivity contribution < 1.29 is 23.9 Å². The molecule has 1 aliphatic heterocycles. The third-order valence-electron chi connectivity index (χ3n) is 5.48. The van der Waals surface area contributed by atoms with Crippen molar-refractivity contribution in [1.82, 2.24) is 4.90 Å². The summed E-state index contributed by atoms with van der Waals surface area (Å²) in [7, 11) is 0. The number of amides is 3. The molecule has 2 fully saturated rings. The number of fused-ring (bicyclic) bond motifs is 1. The maximum Gasteiger partial charge on any atom is 0.308 e. The van der Waals surface area contributed by atoms with E-state index < -0.39 is 18.5 Å². The second-order valence-corrected chi connectivity index (χ2v) is 7.33. The first kappa shape index (κ1) is 20.0. The third-order valence-corrected chi connectivity index (χ3v) is 5.48. The molecule has 28 heavy (non-hydrogen) atoms. The predicted octanol–water partition coefficient (Wildman–Crippen LogP) is 2.30. The van der Waals surface area contributed by atoms with Gasteiger partial charge in [0.25, 0.3) is 5.91 Å². The van der Waals surface area contributed by atoms with E-state index in [-0.39, 0.29) is 36.6 Å². The minimum Gasteiger partial charge on any atom is -0.456 e. The molecule has 0 radical (unpaired) electrons. The summed E-state index contributed by atoms with van der Waals surface area (Å²) in [5.41, 5.74) is 1.80. The number of esters is 1. The Hall–Kier alpha value is -2.70. The Morgan fingerprint density at radius 3 is 2.25 bits per heavy atom. The largest absolute Gasteiger partial charge is 0.456 e. The van der Waals surface area contributed by atoms with Crippen LogP contribution in [-0.2, 0) is 30.3 Å². The molecule has 0 spiro atoms. The van der Waals surface area contributed by atoms with Gasteiger partial charge in [-0.25, -0.2) is 0 Å². The molecule has 3 amide bonds. The molecule has 1 saturated carbocycles. The fourth-order valence-electron chi connectivity index (χ4n) is 3.89. The Labute approximate surface area is 164 Å². The maximum absolute atomic E-state index is 12.4. The van der Waals surface area contributed by atoms with Crippen molar-refractivity contribution >= 4 is 29.4 Å². The van der Waals surface area contributed by atoms with Gasteiger partial charge in [0.05, 0.1) is 18.3 Å². The smallest absolute Gasteiger partial charge is 0.308 e. The van der Waals surface area contributed by atoms with Crippen molar-refractivity contribution in [2.24, 2.45) is 11.8 Å². The number of anilines is 1. The zero-order valence-corrected chi connectivity index (χ0v) is 16.1. The van der Waals surface area contributed by atoms with Gasteiger partial charge in [0.1, 0.15) is 0 Å². The minimum absolute atomic E-state index is 0.0175. The molecule has 7 heteroatoms. The molecule has 0 aromatic heterocycles. The lowest BCUT2D eigenvalue weighted by Crippen LogP contribution is -2.33. The Kier molecular flexibility index (Phi) is 6.44. The van der Waals surface area contributed by atoms with Gasteiger partial charge in [-0.1, -0.05) is 31.9 Å². The minimum atomic E-state index is -0.605. The summed E-state index contributed by atoms with van der Waals surface area (Å²) in [5.74, 6) is -1.82. The van der Waals surface area contributed by atoms with Gasteiger partial charge in [0, 0.05) is 12.2 Å². The highest BCUT2D eigenvalue weighted by molar-refractivity contribution is 6.05. The summed E-state index contributed by atoms with van der Waals surface area (Å²) in [5, 5.41) is 2.66. The van der Waals surface area contributed by atoms with Gasteiger partial charge < -0.3 is 10.1 Å². The van der Waals surface area contributed by atoms with Gasteiger partial charge in [-0.2, -0.15) is 0 Å². The highest BCUT2D eigenvalue weighted by Gasteiger charge is 2.47. The summed E-state index contributed by atoms with van der Waals surface area (Å²) in [6.45, 7) is 1.66. The molecule has 0 bridgehead atoms. The number of ether oxygens (including phenoxy) is 1. The Morgan fingerprint density at radius 1 is 1.07 bits per heavy atom. The molecule has 2 atom stereocenters. The zero-order valence-electron chi connectivity index (χ0n) is 16.1. The van der Waals surface area contributed by atoms with Crippen LogP contribution in [0.15, 0.2) is 24.3 Å². The number of hydrogen-bond acceptors (Lipinski definition) is 5. The highest BCUT2D eigenvalue weighted by atomic mass is 16.5. The van der Waals surface area contributed by atoms with Gasteiger partial charge in [-0.3, -0.25) is 24.1 Å². The Morgan fingerprint density at radius 2 is 1.68 bits per heavy atom. The molecule has 0 unspecified atom stereocenters. The number of hydrogen-bond donors (Lipinski definition) is 1. The van der Waals surface area contributed by atoms with E-state index in [1.165, 1.54) is 4.90 Å². The fourth-order valence-corrected chi connectivity index (χ4v) is 3.89. The second kappa shape index (κ2) is 8.99. The lowest BCUT2D eigenvalue weighted by atomic mass is 9.81. The van der Waals surface area contributed by atoms with Crippen molar-refractivity contribution in [2.75, 3.05) is 18.5 Å². The van der Waals surface area contributed by atoms with Crippen molar-refractivity contribution in [1.29, 1.82) is 0 Å². The van der Waals surface area contributed by atoms with Crippen molar-refractivity contribution in [3.8, 4) is 0 Å². The first-order chi connectivity index (χ1) is 13.5. The van der Waals surface area contributed by atoms with E-state index in [0.29, 0.717) is 5.69 Å². The molecular weight excluding hydrogens is 360 g/mol. The molecule has 3 rings (SSSR count). The normalized spacial score (nSPS) is 21.4.